The predicted octanol–water partition coefficient (Wildman–Crippen LogP) is 6.49. The molecule has 0 amide bonds. The monoisotopic (exact) mass is 404 g/mol. The van der Waals surface area contributed by atoms with E-state index in [4.69, 9.17) is 44.3 Å². The van der Waals surface area contributed by atoms with Crippen LogP contribution in [0.5, 0.6) is 17.2 Å². The lowest BCUT2D eigenvalue weighted by Gasteiger charge is -2.26. The number of esters is 1. The van der Waals surface area contributed by atoms with Gasteiger partial charge in [0, 0.05) is 17.2 Å². The summed E-state index contributed by atoms with van der Waals surface area (Å²) < 4.78 is 11.5. The molecule has 0 saturated carbocycles. The molecule has 0 bridgehead atoms. The predicted molar refractivity (Wildman–Crippen MR) is 102 cm³/mol. The quantitative estimate of drug-likeness (QED) is 0.278. The fourth-order valence-corrected chi connectivity index (χ4v) is 3.49. The molecule has 0 fully saturated rings. The number of benzene rings is 3. The molecule has 3 nitrogen and oxygen atoms in total. The largest absolute Gasteiger partial charge is 0.457 e. The molecule has 130 valence electrons. The molecule has 0 atom stereocenters. The van der Waals surface area contributed by atoms with E-state index in [1.54, 1.807) is 0 Å². The normalized spacial score (nSPS) is 12.7. The Hall–Kier alpha value is -2.20. The van der Waals surface area contributed by atoms with Crippen molar-refractivity contribution in [3.63, 3.8) is 0 Å². The zero-order valence-corrected chi connectivity index (χ0v) is 15.5. The van der Waals surface area contributed by atoms with Gasteiger partial charge in [-0.2, -0.15) is 0 Å². The van der Waals surface area contributed by atoms with Crippen molar-refractivity contribution in [2.45, 2.75) is 5.92 Å². The highest BCUT2D eigenvalue weighted by atomic mass is 35.5. The summed E-state index contributed by atoms with van der Waals surface area (Å²) in [4.78, 5) is 13.0. The van der Waals surface area contributed by atoms with E-state index in [1.165, 1.54) is 12.1 Å². The van der Waals surface area contributed by atoms with Crippen molar-refractivity contribution in [2.75, 3.05) is 0 Å². The molecule has 6 heteroatoms. The first-order valence-corrected chi connectivity index (χ1v) is 8.90. The van der Waals surface area contributed by atoms with Crippen LogP contribution in [-0.4, -0.2) is 5.97 Å². The third-order valence-electron chi connectivity index (χ3n) is 4.10. The number of ether oxygens (including phenoxy) is 2. The molecular weight excluding hydrogens is 395 g/mol. The van der Waals surface area contributed by atoms with Crippen LogP contribution in [0.4, 0.5) is 0 Å². The van der Waals surface area contributed by atoms with E-state index >= 15 is 0 Å². The van der Waals surface area contributed by atoms with Crippen molar-refractivity contribution < 1.29 is 14.3 Å². The minimum atomic E-state index is -0.637. The number of hydrogen-bond donors (Lipinski definition) is 0. The Bertz CT molecular complexity index is 971. The van der Waals surface area contributed by atoms with Crippen LogP contribution in [0, 0.1) is 0 Å². The van der Waals surface area contributed by atoms with Crippen molar-refractivity contribution in [3.8, 4) is 17.2 Å². The zero-order chi connectivity index (χ0) is 18.3. The van der Waals surface area contributed by atoms with Crippen LogP contribution in [0.25, 0.3) is 0 Å². The van der Waals surface area contributed by atoms with Gasteiger partial charge in [-0.25, -0.2) is 0 Å². The van der Waals surface area contributed by atoms with E-state index in [1.807, 2.05) is 48.5 Å². The molecule has 0 saturated heterocycles. The number of para-hydroxylation sites is 2. The van der Waals surface area contributed by atoms with Gasteiger partial charge in [-0.1, -0.05) is 71.2 Å². The third-order valence-corrected chi connectivity index (χ3v) is 5.12. The SMILES string of the molecule is O=C(Oc1cc(Cl)c(Cl)cc1Cl)C1c2ccccc2Oc2ccccc21. The molecule has 1 aliphatic rings. The van der Waals surface area contributed by atoms with E-state index in [9.17, 15) is 4.79 Å². The average Bonchev–Trinajstić information content (AvgIpc) is 2.64. The highest BCUT2D eigenvalue weighted by Crippen LogP contribution is 2.45. The van der Waals surface area contributed by atoms with Gasteiger partial charge in [0.1, 0.15) is 17.4 Å². The standard InChI is InChI=1S/C20H11Cl3O3/c21-13-9-15(23)18(10-14(13)22)26-20(24)19-11-5-1-3-7-16(11)25-17-8-4-2-6-12(17)19/h1-10,19H. The summed E-state index contributed by atoms with van der Waals surface area (Å²) in [6.45, 7) is 0. The molecule has 0 spiro atoms. The fourth-order valence-electron chi connectivity index (χ4n) is 2.91. The van der Waals surface area contributed by atoms with Gasteiger partial charge in [-0.3, -0.25) is 4.79 Å². The molecule has 1 heterocycles. The number of carbonyl (C=O) groups excluding carboxylic acids is 1. The van der Waals surface area contributed by atoms with Crippen LogP contribution in [0.2, 0.25) is 15.1 Å². The second-order valence-corrected chi connectivity index (χ2v) is 6.95. The van der Waals surface area contributed by atoms with Gasteiger partial charge in [-0.15, -0.1) is 0 Å². The smallest absolute Gasteiger partial charge is 0.323 e. The topological polar surface area (TPSA) is 35.5 Å². The van der Waals surface area contributed by atoms with Crippen molar-refractivity contribution in [2.24, 2.45) is 0 Å². The lowest BCUT2D eigenvalue weighted by Crippen LogP contribution is -2.23. The number of halogens is 3. The third kappa shape index (κ3) is 3.03. The summed E-state index contributed by atoms with van der Waals surface area (Å²) in [7, 11) is 0. The second kappa shape index (κ2) is 6.84. The van der Waals surface area contributed by atoms with Gasteiger partial charge in [0.25, 0.3) is 0 Å². The number of fused-ring (bicyclic) bond motifs is 2. The molecule has 0 aromatic heterocycles. The zero-order valence-electron chi connectivity index (χ0n) is 13.2. The molecule has 26 heavy (non-hydrogen) atoms. The Morgan fingerprint density at radius 2 is 1.35 bits per heavy atom. The highest BCUT2D eigenvalue weighted by Gasteiger charge is 2.34. The summed E-state index contributed by atoms with van der Waals surface area (Å²) in [6.07, 6.45) is 0. The summed E-state index contributed by atoms with van der Waals surface area (Å²) in [5.74, 6) is 0.282. The molecule has 0 radical (unpaired) electrons. The molecule has 3 aromatic rings. The van der Waals surface area contributed by atoms with Gasteiger partial charge < -0.3 is 9.47 Å². The van der Waals surface area contributed by atoms with Gasteiger partial charge in [-0.05, 0) is 18.2 Å². The summed E-state index contributed by atoms with van der Waals surface area (Å²) in [5, 5.41) is 0.756. The van der Waals surface area contributed by atoms with E-state index in [0.29, 0.717) is 16.5 Å². The average molecular weight is 406 g/mol. The molecular formula is C20H11Cl3O3. The fraction of sp³-hybridized carbons (Fsp3) is 0.0500. The summed E-state index contributed by atoms with van der Waals surface area (Å²) >= 11 is 18.1. The Labute approximate surface area is 165 Å². The molecule has 3 aromatic carbocycles. The maximum Gasteiger partial charge on any atom is 0.323 e. The summed E-state index contributed by atoms with van der Waals surface area (Å²) in [5.41, 5.74) is 1.46. The van der Waals surface area contributed by atoms with Crippen LogP contribution in [0.15, 0.2) is 60.7 Å². The Balaban J connectivity index is 1.76. The van der Waals surface area contributed by atoms with Gasteiger partial charge in [0.15, 0.2) is 5.75 Å². The number of rotatable bonds is 2. The van der Waals surface area contributed by atoms with Crippen LogP contribution >= 0.6 is 34.8 Å². The van der Waals surface area contributed by atoms with Gasteiger partial charge in [0.2, 0.25) is 0 Å². The Morgan fingerprint density at radius 3 is 1.96 bits per heavy atom. The first kappa shape index (κ1) is 17.2. The van der Waals surface area contributed by atoms with Gasteiger partial charge in [0.05, 0.1) is 15.1 Å². The van der Waals surface area contributed by atoms with Crippen LogP contribution in [0.1, 0.15) is 17.0 Å². The van der Waals surface area contributed by atoms with E-state index in [0.717, 1.165) is 11.1 Å². The van der Waals surface area contributed by atoms with Crippen molar-refractivity contribution >= 4 is 40.8 Å². The maximum atomic E-state index is 13.0. The first-order chi connectivity index (χ1) is 12.5. The van der Waals surface area contributed by atoms with Crippen LogP contribution in [-0.2, 0) is 4.79 Å². The molecule has 4 rings (SSSR count). The molecule has 0 N–H and O–H groups in total. The van der Waals surface area contributed by atoms with Crippen LogP contribution in [0.3, 0.4) is 0 Å². The minimum absolute atomic E-state index is 0.160. The van der Waals surface area contributed by atoms with Gasteiger partial charge >= 0.3 is 5.97 Å². The van der Waals surface area contributed by atoms with E-state index in [-0.39, 0.29) is 15.8 Å². The Morgan fingerprint density at radius 1 is 0.808 bits per heavy atom. The van der Waals surface area contributed by atoms with E-state index < -0.39 is 11.9 Å². The molecule has 1 aliphatic heterocycles. The lowest BCUT2D eigenvalue weighted by atomic mass is 9.88. The number of carbonyl (C=O) groups is 1. The van der Waals surface area contributed by atoms with Crippen molar-refractivity contribution in [3.05, 3.63) is 86.9 Å². The molecule has 0 aliphatic carbocycles. The van der Waals surface area contributed by atoms with E-state index in [2.05, 4.69) is 0 Å². The minimum Gasteiger partial charge on any atom is -0.457 e. The number of hydrogen-bond acceptors (Lipinski definition) is 3. The molecule has 0 unspecified atom stereocenters. The summed E-state index contributed by atoms with van der Waals surface area (Å²) in [6, 6.07) is 17.6. The van der Waals surface area contributed by atoms with Crippen molar-refractivity contribution in [1.29, 1.82) is 0 Å². The maximum absolute atomic E-state index is 13.0. The van der Waals surface area contributed by atoms with Crippen LogP contribution < -0.4 is 9.47 Å². The first-order valence-electron chi connectivity index (χ1n) is 7.76. The Kier molecular flexibility index (Phi) is 4.53. The highest BCUT2D eigenvalue weighted by molar-refractivity contribution is 6.43. The lowest BCUT2D eigenvalue weighted by molar-refractivity contribution is -0.135. The van der Waals surface area contributed by atoms with Crippen molar-refractivity contribution in [1.82, 2.24) is 0 Å². The second-order valence-electron chi connectivity index (χ2n) is 5.73.